The summed E-state index contributed by atoms with van der Waals surface area (Å²) in [6.45, 7) is 15.3. The number of aryl methyl sites for hydroxylation is 1. The van der Waals surface area contributed by atoms with E-state index in [1.54, 1.807) is 0 Å². The molecule has 2 heteroatoms. The van der Waals surface area contributed by atoms with E-state index in [0.717, 1.165) is 5.69 Å². The summed E-state index contributed by atoms with van der Waals surface area (Å²) in [5.74, 6) is 0. The molecule has 0 aliphatic rings. The Kier molecular flexibility index (Phi) is 3.77. The van der Waals surface area contributed by atoms with Crippen molar-refractivity contribution in [3.05, 3.63) is 41.2 Å². The Bertz CT molecular complexity index is 596. The van der Waals surface area contributed by atoms with Gasteiger partial charge in [0, 0.05) is 17.3 Å². The fourth-order valence-corrected chi connectivity index (χ4v) is 2.72. The smallest absolute Gasteiger partial charge is 0.0675 e. The summed E-state index contributed by atoms with van der Waals surface area (Å²) in [7, 11) is 0. The average Bonchev–Trinajstić information content (AvgIpc) is 2.64. The third-order valence-electron chi connectivity index (χ3n) is 3.85. The monoisotopic (exact) mass is 270 g/mol. The predicted molar refractivity (Wildman–Crippen MR) is 86.2 cm³/mol. The lowest BCUT2D eigenvalue weighted by molar-refractivity contribution is 0.516. The van der Waals surface area contributed by atoms with E-state index in [-0.39, 0.29) is 5.41 Å². The van der Waals surface area contributed by atoms with Gasteiger partial charge < -0.3 is 0 Å². The number of aromatic nitrogens is 2. The summed E-state index contributed by atoms with van der Waals surface area (Å²) in [5.41, 5.74) is 6.47. The summed E-state index contributed by atoms with van der Waals surface area (Å²) in [6, 6.07) is 9.32. The van der Waals surface area contributed by atoms with E-state index in [1.807, 2.05) is 0 Å². The molecule has 1 aromatic carbocycles. The zero-order valence-corrected chi connectivity index (χ0v) is 13.8. The van der Waals surface area contributed by atoms with Crippen LogP contribution >= 0.6 is 0 Å². The zero-order chi connectivity index (χ0) is 15.1. The van der Waals surface area contributed by atoms with Crippen molar-refractivity contribution in [2.24, 2.45) is 0 Å². The predicted octanol–water partition coefficient (Wildman–Crippen LogP) is 5.05. The van der Waals surface area contributed by atoms with Crippen molar-refractivity contribution in [3.8, 4) is 11.1 Å². The lowest BCUT2D eigenvalue weighted by Crippen LogP contribution is -2.10. The van der Waals surface area contributed by atoms with E-state index in [4.69, 9.17) is 0 Å². The van der Waals surface area contributed by atoms with Crippen LogP contribution in [0.25, 0.3) is 11.1 Å². The highest BCUT2D eigenvalue weighted by molar-refractivity contribution is 5.68. The Labute approximate surface area is 122 Å². The Morgan fingerprint density at radius 3 is 1.95 bits per heavy atom. The molecule has 1 heterocycles. The molecule has 0 spiro atoms. The van der Waals surface area contributed by atoms with Crippen LogP contribution in [0.2, 0.25) is 0 Å². The van der Waals surface area contributed by atoms with Crippen molar-refractivity contribution in [1.82, 2.24) is 9.78 Å². The van der Waals surface area contributed by atoms with Crippen LogP contribution in [-0.4, -0.2) is 9.78 Å². The second-order valence-corrected chi connectivity index (χ2v) is 6.91. The maximum atomic E-state index is 4.67. The van der Waals surface area contributed by atoms with Crippen LogP contribution in [0.5, 0.6) is 0 Å². The normalized spacial score (nSPS) is 12.2. The summed E-state index contributed by atoms with van der Waals surface area (Å²) in [5, 5.41) is 4.67. The first-order valence-electron chi connectivity index (χ1n) is 7.38. The largest absolute Gasteiger partial charge is 0.266 e. The van der Waals surface area contributed by atoms with Crippen molar-refractivity contribution >= 4 is 0 Å². The van der Waals surface area contributed by atoms with Crippen molar-refractivity contribution in [1.29, 1.82) is 0 Å². The standard InChI is InChI=1S/C18H26N2/c1-12(2)20-14(4)17(13(3)19-20)15-8-10-16(11-9-15)18(5,6)7/h8-12H,1-7H3. The minimum Gasteiger partial charge on any atom is -0.266 e. The average molecular weight is 270 g/mol. The molecule has 2 aromatic rings. The first kappa shape index (κ1) is 14.8. The minimum absolute atomic E-state index is 0.199. The van der Waals surface area contributed by atoms with Crippen molar-refractivity contribution in [2.75, 3.05) is 0 Å². The maximum Gasteiger partial charge on any atom is 0.0675 e. The molecule has 0 unspecified atom stereocenters. The molecule has 0 aliphatic heterocycles. The Morgan fingerprint density at radius 1 is 1.00 bits per heavy atom. The van der Waals surface area contributed by atoms with Crippen LogP contribution in [0.15, 0.2) is 24.3 Å². The van der Waals surface area contributed by atoms with Gasteiger partial charge in [0.25, 0.3) is 0 Å². The molecule has 1 aromatic heterocycles. The molecule has 2 nitrogen and oxygen atoms in total. The highest BCUT2D eigenvalue weighted by Gasteiger charge is 2.17. The number of hydrogen-bond donors (Lipinski definition) is 0. The van der Waals surface area contributed by atoms with Crippen LogP contribution in [0, 0.1) is 13.8 Å². The van der Waals surface area contributed by atoms with Gasteiger partial charge in [0.2, 0.25) is 0 Å². The molecular weight excluding hydrogens is 244 g/mol. The molecule has 0 saturated heterocycles. The molecule has 0 radical (unpaired) electrons. The van der Waals surface area contributed by atoms with E-state index in [2.05, 4.69) is 82.5 Å². The molecule has 0 bridgehead atoms. The molecular formula is C18H26N2. The van der Waals surface area contributed by atoms with E-state index in [0.29, 0.717) is 6.04 Å². The Hall–Kier alpha value is -1.57. The van der Waals surface area contributed by atoms with Crippen LogP contribution in [-0.2, 0) is 5.41 Å². The van der Waals surface area contributed by atoms with Crippen molar-refractivity contribution < 1.29 is 0 Å². The molecule has 0 atom stereocenters. The van der Waals surface area contributed by atoms with E-state index in [1.165, 1.54) is 22.4 Å². The number of benzene rings is 1. The van der Waals surface area contributed by atoms with Gasteiger partial charge in [-0.1, -0.05) is 45.0 Å². The first-order chi connectivity index (χ1) is 9.21. The molecule has 20 heavy (non-hydrogen) atoms. The van der Waals surface area contributed by atoms with E-state index >= 15 is 0 Å². The quantitative estimate of drug-likeness (QED) is 0.747. The van der Waals surface area contributed by atoms with Crippen molar-refractivity contribution in [2.45, 2.75) is 59.9 Å². The van der Waals surface area contributed by atoms with Crippen molar-refractivity contribution in [3.63, 3.8) is 0 Å². The molecule has 0 N–H and O–H groups in total. The van der Waals surface area contributed by atoms with E-state index in [9.17, 15) is 0 Å². The van der Waals surface area contributed by atoms with E-state index < -0.39 is 0 Å². The lowest BCUT2D eigenvalue weighted by Gasteiger charge is -2.19. The first-order valence-corrected chi connectivity index (χ1v) is 7.38. The Balaban J connectivity index is 2.47. The number of rotatable bonds is 2. The Morgan fingerprint density at radius 2 is 1.55 bits per heavy atom. The van der Waals surface area contributed by atoms with Gasteiger partial charge in [-0.05, 0) is 44.2 Å². The van der Waals surface area contributed by atoms with Gasteiger partial charge in [-0.2, -0.15) is 5.10 Å². The molecule has 0 amide bonds. The molecule has 0 fully saturated rings. The fourth-order valence-electron chi connectivity index (χ4n) is 2.72. The highest BCUT2D eigenvalue weighted by atomic mass is 15.3. The number of nitrogens with zero attached hydrogens (tertiary/aromatic N) is 2. The number of hydrogen-bond acceptors (Lipinski definition) is 1. The maximum absolute atomic E-state index is 4.67. The molecule has 108 valence electrons. The third-order valence-corrected chi connectivity index (χ3v) is 3.85. The zero-order valence-electron chi connectivity index (χ0n) is 13.8. The van der Waals surface area contributed by atoms with Gasteiger partial charge in [0.15, 0.2) is 0 Å². The van der Waals surface area contributed by atoms with Crippen LogP contribution in [0.4, 0.5) is 0 Å². The summed E-state index contributed by atoms with van der Waals surface area (Å²) < 4.78 is 2.11. The molecule has 2 rings (SSSR count). The lowest BCUT2D eigenvalue weighted by atomic mass is 9.86. The summed E-state index contributed by atoms with van der Waals surface area (Å²) in [6.07, 6.45) is 0. The second-order valence-electron chi connectivity index (χ2n) is 6.91. The van der Waals surface area contributed by atoms with Crippen LogP contribution in [0.1, 0.15) is 57.6 Å². The third kappa shape index (κ3) is 2.65. The summed E-state index contributed by atoms with van der Waals surface area (Å²) >= 11 is 0. The van der Waals surface area contributed by atoms with Gasteiger partial charge in [-0.15, -0.1) is 0 Å². The topological polar surface area (TPSA) is 17.8 Å². The van der Waals surface area contributed by atoms with Crippen LogP contribution < -0.4 is 0 Å². The molecule has 0 saturated carbocycles. The van der Waals surface area contributed by atoms with Gasteiger partial charge in [0.1, 0.15) is 0 Å². The van der Waals surface area contributed by atoms with Gasteiger partial charge in [-0.25, -0.2) is 0 Å². The van der Waals surface area contributed by atoms with Crippen LogP contribution in [0.3, 0.4) is 0 Å². The minimum atomic E-state index is 0.199. The molecule has 0 aliphatic carbocycles. The second kappa shape index (κ2) is 5.08. The van der Waals surface area contributed by atoms with Gasteiger partial charge in [-0.3, -0.25) is 4.68 Å². The summed E-state index contributed by atoms with van der Waals surface area (Å²) in [4.78, 5) is 0. The SMILES string of the molecule is Cc1nn(C(C)C)c(C)c1-c1ccc(C(C)(C)C)cc1. The highest BCUT2D eigenvalue weighted by Crippen LogP contribution is 2.30. The fraction of sp³-hybridized carbons (Fsp3) is 0.500. The van der Waals surface area contributed by atoms with Gasteiger partial charge >= 0.3 is 0 Å². The van der Waals surface area contributed by atoms with Gasteiger partial charge in [0.05, 0.1) is 5.69 Å².